The van der Waals surface area contributed by atoms with Crippen LogP contribution in [0.1, 0.15) is 26.7 Å². The Balaban J connectivity index is 3.82. The molecule has 0 saturated carbocycles. The molecule has 0 aromatic heterocycles. The maximum absolute atomic E-state index is 3.55. The highest BCUT2D eigenvalue weighted by Gasteiger charge is 2.28. The van der Waals surface area contributed by atoms with Crippen molar-refractivity contribution in [2.24, 2.45) is 5.92 Å². The van der Waals surface area contributed by atoms with E-state index in [2.05, 4.69) is 33.8 Å². The quantitative estimate of drug-likeness (QED) is 0.437. The maximum Gasteiger partial charge on any atom is 0.365 e. The fourth-order valence-corrected chi connectivity index (χ4v) is 3.15. The van der Waals surface area contributed by atoms with Crippen molar-refractivity contribution in [1.82, 2.24) is 19.9 Å². The van der Waals surface area contributed by atoms with E-state index in [0.29, 0.717) is 0 Å². The fraction of sp³-hybridized carbons (Fsp3) is 1.00. The Bertz CT molecular complexity index is 131. The van der Waals surface area contributed by atoms with Gasteiger partial charge in [-0.1, -0.05) is 20.3 Å². The summed E-state index contributed by atoms with van der Waals surface area (Å²) in [4.78, 5) is 13.5. The minimum absolute atomic E-state index is 0.805. The summed E-state index contributed by atoms with van der Waals surface area (Å²) in [6.07, 6.45) is 2.49. The van der Waals surface area contributed by atoms with Crippen molar-refractivity contribution >= 4 is 8.72 Å². The van der Waals surface area contributed by atoms with E-state index in [0.717, 1.165) is 12.5 Å². The topological polar surface area (TPSA) is 48.1 Å². The molecule has 0 aromatic rings. The van der Waals surface area contributed by atoms with Crippen molar-refractivity contribution in [3.05, 3.63) is 0 Å². The minimum atomic E-state index is -1.80. The third kappa shape index (κ3) is 4.52. The molecule has 1 atom stereocenters. The highest BCUT2D eigenvalue weighted by atomic mass is 28.4. The van der Waals surface area contributed by atoms with E-state index in [1.807, 2.05) is 21.1 Å². The molecule has 0 aliphatic heterocycles. The normalized spacial score (nSPS) is 14.4. The number of hydrogen-bond acceptors (Lipinski definition) is 4. The third-order valence-corrected chi connectivity index (χ3v) is 5.88. The van der Waals surface area contributed by atoms with Crippen LogP contribution in [0.2, 0.25) is 0 Å². The Morgan fingerprint density at radius 2 is 1.57 bits per heavy atom. The van der Waals surface area contributed by atoms with Gasteiger partial charge < -0.3 is 19.9 Å². The van der Waals surface area contributed by atoms with Gasteiger partial charge in [-0.25, -0.2) is 0 Å². The standard InChI is InChI=1S/C9H26N4Si/c1-6-9(2)7-8-13-14(10-3,11-4)12-5/h9-13H,6-8H2,1-5H3. The summed E-state index contributed by atoms with van der Waals surface area (Å²) < 4.78 is 0. The van der Waals surface area contributed by atoms with Crippen LogP contribution in [-0.4, -0.2) is 36.4 Å². The van der Waals surface area contributed by atoms with Gasteiger partial charge in [0.25, 0.3) is 0 Å². The zero-order chi connectivity index (χ0) is 11.0. The summed E-state index contributed by atoms with van der Waals surface area (Å²) in [5, 5.41) is 0. The Morgan fingerprint density at radius 3 is 1.93 bits per heavy atom. The summed E-state index contributed by atoms with van der Waals surface area (Å²) >= 11 is 0. The molecule has 0 rings (SSSR count). The molecule has 14 heavy (non-hydrogen) atoms. The predicted molar refractivity (Wildman–Crippen MR) is 65.0 cm³/mol. The van der Waals surface area contributed by atoms with E-state index in [9.17, 15) is 0 Å². The van der Waals surface area contributed by atoms with Gasteiger partial charge in [-0.05, 0) is 40.0 Å². The van der Waals surface area contributed by atoms with Crippen LogP contribution in [0.4, 0.5) is 0 Å². The molecule has 0 fully saturated rings. The lowest BCUT2D eigenvalue weighted by atomic mass is 10.1. The fourth-order valence-electron chi connectivity index (χ4n) is 1.35. The first-order valence-electron chi connectivity index (χ1n) is 5.45. The van der Waals surface area contributed by atoms with Crippen LogP contribution in [0.3, 0.4) is 0 Å². The first-order chi connectivity index (χ1) is 6.64. The molecule has 0 saturated heterocycles. The molecule has 0 bridgehead atoms. The molecule has 4 N–H and O–H groups in total. The van der Waals surface area contributed by atoms with Gasteiger partial charge in [-0.2, -0.15) is 0 Å². The molecule has 0 aliphatic rings. The summed E-state index contributed by atoms with van der Waals surface area (Å²) in [5.74, 6) is 0.805. The smallest absolute Gasteiger partial charge is 0.303 e. The van der Waals surface area contributed by atoms with Gasteiger partial charge in [0.2, 0.25) is 0 Å². The van der Waals surface area contributed by atoms with Gasteiger partial charge in [0.15, 0.2) is 0 Å². The Kier molecular flexibility index (Phi) is 7.39. The van der Waals surface area contributed by atoms with Gasteiger partial charge in [-0.3, -0.25) is 0 Å². The predicted octanol–water partition coefficient (Wildman–Crippen LogP) is 0.106. The second kappa shape index (κ2) is 7.36. The van der Waals surface area contributed by atoms with Gasteiger partial charge in [0.1, 0.15) is 0 Å². The molecular weight excluding hydrogens is 192 g/mol. The van der Waals surface area contributed by atoms with Crippen LogP contribution < -0.4 is 19.9 Å². The number of rotatable bonds is 8. The lowest BCUT2D eigenvalue weighted by Crippen LogP contribution is -2.78. The van der Waals surface area contributed by atoms with Crippen molar-refractivity contribution in [2.75, 3.05) is 27.7 Å². The SMILES string of the molecule is CCC(C)CCN[Si](NC)(NC)NC. The van der Waals surface area contributed by atoms with E-state index in [-0.39, 0.29) is 0 Å². The van der Waals surface area contributed by atoms with E-state index in [4.69, 9.17) is 0 Å². The molecule has 1 unspecified atom stereocenters. The second-order valence-corrected chi connectivity index (χ2v) is 7.08. The zero-order valence-electron chi connectivity index (χ0n) is 10.2. The van der Waals surface area contributed by atoms with Crippen molar-refractivity contribution < 1.29 is 0 Å². The molecule has 5 heteroatoms. The summed E-state index contributed by atoms with van der Waals surface area (Å²) in [5.41, 5.74) is 0. The average Bonchev–Trinajstić information content (AvgIpc) is 2.25. The van der Waals surface area contributed by atoms with Gasteiger partial charge in [0, 0.05) is 0 Å². The zero-order valence-corrected chi connectivity index (χ0v) is 11.2. The second-order valence-electron chi connectivity index (χ2n) is 3.73. The van der Waals surface area contributed by atoms with Crippen LogP contribution in [-0.2, 0) is 0 Å². The molecule has 0 aromatic carbocycles. The van der Waals surface area contributed by atoms with Crippen molar-refractivity contribution in [2.45, 2.75) is 26.7 Å². The van der Waals surface area contributed by atoms with Crippen LogP contribution >= 0.6 is 0 Å². The number of nitrogens with one attached hydrogen (secondary N) is 4. The van der Waals surface area contributed by atoms with Crippen LogP contribution in [0.5, 0.6) is 0 Å². The van der Waals surface area contributed by atoms with Crippen molar-refractivity contribution in [1.29, 1.82) is 0 Å². The molecule has 0 aliphatic carbocycles. The Morgan fingerprint density at radius 1 is 1.07 bits per heavy atom. The van der Waals surface area contributed by atoms with Crippen LogP contribution in [0.15, 0.2) is 0 Å². The van der Waals surface area contributed by atoms with E-state index in [1.54, 1.807) is 0 Å². The largest absolute Gasteiger partial charge is 0.365 e. The Hall–Kier alpha value is 0.0569. The highest BCUT2D eigenvalue weighted by molar-refractivity contribution is 6.69. The van der Waals surface area contributed by atoms with Crippen LogP contribution in [0, 0.1) is 5.92 Å². The maximum atomic E-state index is 3.55. The summed E-state index contributed by atoms with van der Waals surface area (Å²) in [7, 11) is 4.15. The van der Waals surface area contributed by atoms with Crippen molar-refractivity contribution in [3.8, 4) is 0 Å². The minimum Gasteiger partial charge on any atom is -0.303 e. The summed E-state index contributed by atoms with van der Waals surface area (Å²) in [6, 6.07) is 0. The lowest BCUT2D eigenvalue weighted by molar-refractivity contribution is 0.508. The molecular formula is C9H26N4Si. The molecule has 0 radical (unpaired) electrons. The first-order valence-corrected chi connectivity index (χ1v) is 7.45. The monoisotopic (exact) mass is 218 g/mol. The van der Waals surface area contributed by atoms with Gasteiger partial charge >= 0.3 is 8.72 Å². The molecule has 0 heterocycles. The van der Waals surface area contributed by atoms with Crippen molar-refractivity contribution in [3.63, 3.8) is 0 Å². The van der Waals surface area contributed by atoms with E-state index >= 15 is 0 Å². The lowest BCUT2D eigenvalue weighted by Gasteiger charge is -2.29. The average molecular weight is 218 g/mol. The van der Waals surface area contributed by atoms with Gasteiger partial charge in [-0.15, -0.1) is 0 Å². The molecule has 0 spiro atoms. The molecule has 4 nitrogen and oxygen atoms in total. The van der Waals surface area contributed by atoms with Gasteiger partial charge in [0.05, 0.1) is 0 Å². The highest BCUT2D eigenvalue weighted by Crippen LogP contribution is 2.04. The third-order valence-electron chi connectivity index (χ3n) is 2.85. The van der Waals surface area contributed by atoms with Crippen LogP contribution in [0.25, 0.3) is 0 Å². The number of hydrogen-bond donors (Lipinski definition) is 4. The van der Waals surface area contributed by atoms with E-state index < -0.39 is 8.72 Å². The van der Waals surface area contributed by atoms with E-state index in [1.165, 1.54) is 12.8 Å². The molecule has 0 amide bonds. The Labute approximate surface area is 89.6 Å². The molecule has 86 valence electrons. The summed E-state index contributed by atoms with van der Waals surface area (Å²) in [6.45, 7) is 5.59. The first kappa shape index (κ1) is 14.1.